The van der Waals surface area contributed by atoms with Crippen molar-refractivity contribution in [3.05, 3.63) is 0 Å². The van der Waals surface area contributed by atoms with Crippen LogP contribution < -0.4 is 5.32 Å². The summed E-state index contributed by atoms with van der Waals surface area (Å²) in [4.78, 5) is 26.3. The molecule has 2 atom stereocenters. The van der Waals surface area contributed by atoms with E-state index in [0.29, 0.717) is 44.8 Å². The van der Waals surface area contributed by atoms with Gasteiger partial charge in [-0.3, -0.25) is 4.90 Å². The Labute approximate surface area is 220 Å². The highest BCUT2D eigenvalue weighted by molar-refractivity contribution is 8.73. The van der Waals surface area contributed by atoms with Gasteiger partial charge in [0.1, 0.15) is 11.8 Å². The number of nitrogens with one attached hydrogen (secondary N) is 1. The van der Waals surface area contributed by atoms with E-state index in [2.05, 4.69) is 5.32 Å². The van der Waals surface area contributed by atoms with E-state index in [0.717, 1.165) is 17.7 Å². The van der Waals surface area contributed by atoms with E-state index in [4.69, 9.17) is 14.2 Å². The van der Waals surface area contributed by atoms with Crippen molar-refractivity contribution in [2.24, 2.45) is 5.92 Å². The molecule has 37 heavy (non-hydrogen) atoms. The molecule has 1 unspecified atom stereocenters. The van der Waals surface area contributed by atoms with E-state index in [1.165, 1.54) is 7.05 Å². The van der Waals surface area contributed by atoms with Gasteiger partial charge in [-0.1, -0.05) is 0 Å². The maximum atomic E-state index is 12.8. The number of carbonyl (C=O) groups is 2. The first-order valence-electron chi connectivity index (χ1n) is 11.7. The van der Waals surface area contributed by atoms with E-state index in [1.807, 2.05) is 0 Å². The monoisotopic (exact) mass is 608 g/mol. The highest BCUT2D eigenvalue weighted by atomic mass is 32.8. The van der Waals surface area contributed by atoms with Gasteiger partial charge in [0.2, 0.25) is 0 Å². The molecule has 1 fully saturated rings. The molecular weight excluding hydrogens is 569 g/mol. The summed E-state index contributed by atoms with van der Waals surface area (Å²) >= 11 is 0. The summed E-state index contributed by atoms with van der Waals surface area (Å²) < 4.78 is 90.4. The second-order valence-corrected chi connectivity index (χ2v) is 32.1. The number of rotatable bonds is 11. The average molecular weight is 609 g/mol. The Kier molecular flexibility index (Phi) is 11.5. The summed E-state index contributed by atoms with van der Waals surface area (Å²) in [6, 6.07) is -0.882. The fraction of sp³-hybridized carbons (Fsp3) is 0.900. The van der Waals surface area contributed by atoms with Crippen LogP contribution >= 0.6 is 0 Å². The zero-order valence-electron chi connectivity index (χ0n) is 22.5. The van der Waals surface area contributed by atoms with Gasteiger partial charge in [-0.05, 0) is 52.4 Å². The van der Waals surface area contributed by atoms with Gasteiger partial charge in [-0.25, -0.2) is 34.8 Å². The lowest BCUT2D eigenvalue weighted by Gasteiger charge is -2.31. The third kappa shape index (κ3) is 9.37. The van der Waals surface area contributed by atoms with Crippen LogP contribution in [0.5, 0.6) is 0 Å². The molecule has 0 aromatic carbocycles. The van der Waals surface area contributed by atoms with Gasteiger partial charge in [-0.15, -0.1) is 0 Å². The van der Waals surface area contributed by atoms with E-state index in [9.17, 15) is 34.8 Å². The fourth-order valence-corrected chi connectivity index (χ4v) is 31.1. The average Bonchev–Trinajstić information content (AvgIpc) is 2.70. The standard InChI is InChI=1S/C20H40N2O11S3Si/c1-20(2,3)33-18(23)21-17(11-10-16-9-8-12-31-15-16)22(4)19(24)32-13-14-37(34(5,25)26,35(6,27)28)36(7,29)30/h16-17H,8-15H2,1-7H3,(H,21,23)/t16-,17?/m0/s1. The summed E-state index contributed by atoms with van der Waals surface area (Å²) in [5, 5.41) is 2.62. The lowest BCUT2D eigenvalue weighted by molar-refractivity contribution is 0.0341. The Morgan fingerprint density at radius 1 is 1.05 bits per heavy atom. The Morgan fingerprint density at radius 3 is 2.03 bits per heavy atom. The predicted molar refractivity (Wildman–Crippen MR) is 140 cm³/mol. The molecule has 1 N–H and O–H groups in total. The molecule has 17 heteroatoms. The predicted octanol–water partition coefficient (Wildman–Crippen LogP) is 1.19. The van der Waals surface area contributed by atoms with Crippen molar-refractivity contribution in [2.45, 2.75) is 64.3 Å². The second kappa shape index (κ2) is 12.6. The molecule has 1 saturated heterocycles. The van der Waals surface area contributed by atoms with Crippen molar-refractivity contribution >= 4 is 45.6 Å². The van der Waals surface area contributed by atoms with Crippen molar-refractivity contribution in [2.75, 3.05) is 45.6 Å². The number of hydrogen-bond donors (Lipinski definition) is 1. The van der Waals surface area contributed by atoms with Crippen LogP contribution in [0.1, 0.15) is 46.5 Å². The van der Waals surface area contributed by atoms with Crippen LogP contribution in [0, 0.1) is 5.92 Å². The molecule has 1 aliphatic rings. The summed E-state index contributed by atoms with van der Waals surface area (Å²) in [6.07, 6.45) is 1.82. The first-order chi connectivity index (χ1) is 16.6. The zero-order valence-corrected chi connectivity index (χ0v) is 25.9. The lowest BCUT2D eigenvalue weighted by Crippen LogP contribution is -2.58. The largest absolute Gasteiger partial charge is 0.455 e. The molecule has 1 aliphatic heterocycles. The van der Waals surface area contributed by atoms with Crippen molar-refractivity contribution < 1.29 is 49.1 Å². The van der Waals surface area contributed by atoms with Gasteiger partial charge >= 0.3 is 17.7 Å². The van der Waals surface area contributed by atoms with Crippen LogP contribution in [0.15, 0.2) is 0 Å². The van der Waals surface area contributed by atoms with Crippen molar-refractivity contribution in [1.82, 2.24) is 10.2 Å². The van der Waals surface area contributed by atoms with Crippen LogP contribution in [0.25, 0.3) is 0 Å². The maximum Gasteiger partial charge on any atom is 0.455 e. The Hall–Kier alpha value is -1.43. The van der Waals surface area contributed by atoms with Gasteiger partial charge < -0.3 is 19.5 Å². The fourth-order valence-electron chi connectivity index (χ4n) is 4.11. The van der Waals surface area contributed by atoms with Crippen LogP contribution in [-0.4, -0.2) is 105 Å². The summed E-state index contributed by atoms with van der Waals surface area (Å²) in [5.74, 6) is 0.229. The first-order valence-corrected chi connectivity index (χ1v) is 21.7. The van der Waals surface area contributed by atoms with Crippen LogP contribution in [0.3, 0.4) is 0 Å². The number of ether oxygens (including phenoxy) is 3. The van der Waals surface area contributed by atoms with E-state index < -0.39 is 70.0 Å². The number of amides is 2. The highest BCUT2D eigenvalue weighted by Crippen LogP contribution is 2.29. The SMILES string of the molecule is CN(C(=O)OCC[Si](S(C)(=O)=O)(S(C)(=O)=O)S(C)(=O)=O)C(CC[C@@H]1CCCOC1)NC(=O)OC(C)(C)C. The van der Waals surface area contributed by atoms with Crippen LogP contribution in [0.4, 0.5) is 9.59 Å². The molecule has 0 aromatic rings. The Balaban J connectivity index is 3.04. The van der Waals surface area contributed by atoms with Crippen molar-refractivity contribution in [3.8, 4) is 0 Å². The molecular formula is C20H40N2O11S3Si. The normalized spacial score (nSPS) is 18.5. The molecule has 218 valence electrons. The Morgan fingerprint density at radius 2 is 1.59 bits per heavy atom. The van der Waals surface area contributed by atoms with Crippen molar-refractivity contribution in [3.63, 3.8) is 0 Å². The topological polar surface area (TPSA) is 180 Å². The summed E-state index contributed by atoms with van der Waals surface area (Å²) in [7, 11) is -12.3. The van der Waals surface area contributed by atoms with E-state index in [1.54, 1.807) is 20.8 Å². The maximum absolute atomic E-state index is 12.8. The zero-order chi connectivity index (χ0) is 28.9. The first kappa shape index (κ1) is 33.6. The second-order valence-electron chi connectivity index (χ2n) is 10.3. The van der Waals surface area contributed by atoms with Gasteiger partial charge in [0.15, 0.2) is 27.9 Å². The smallest absolute Gasteiger partial charge is 0.450 e. The van der Waals surface area contributed by atoms with E-state index >= 15 is 0 Å². The van der Waals surface area contributed by atoms with Crippen LogP contribution in [-0.2, 0) is 42.1 Å². The number of alkyl carbamates (subject to hydrolysis) is 1. The summed E-state index contributed by atoms with van der Waals surface area (Å²) in [6.45, 7) is 5.52. The number of carbonyl (C=O) groups excluding carboxylic acids is 2. The molecule has 2 amide bonds. The molecule has 0 saturated carbocycles. The number of hydrogen-bond acceptors (Lipinski definition) is 11. The molecule has 0 aromatic heterocycles. The van der Waals surface area contributed by atoms with E-state index in [-0.39, 0.29) is 5.92 Å². The Bertz CT molecular complexity index is 1050. The van der Waals surface area contributed by atoms with Gasteiger partial charge in [0.25, 0.3) is 0 Å². The molecule has 0 radical (unpaired) electrons. The molecule has 0 bridgehead atoms. The highest BCUT2D eigenvalue weighted by Gasteiger charge is 2.64. The molecule has 13 nitrogen and oxygen atoms in total. The molecule has 0 aliphatic carbocycles. The molecule has 1 heterocycles. The summed E-state index contributed by atoms with van der Waals surface area (Å²) in [5.41, 5.74) is -5.89. The van der Waals surface area contributed by atoms with Crippen LogP contribution in [0.2, 0.25) is 6.04 Å². The molecule has 1 rings (SSSR count). The third-order valence-electron chi connectivity index (χ3n) is 5.87. The molecule has 0 spiro atoms. The van der Waals surface area contributed by atoms with Crippen molar-refractivity contribution in [1.29, 1.82) is 0 Å². The minimum absolute atomic E-state index is 0.229. The lowest BCUT2D eigenvalue weighted by atomic mass is 9.96. The number of nitrogens with zero attached hydrogens (tertiary/aromatic N) is 1. The minimum atomic E-state index is -5.10. The van der Waals surface area contributed by atoms with Gasteiger partial charge in [0, 0.05) is 45.1 Å². The van der Waals surface area contributed by atoms with Gasteiger partial charge in [-0.2, -0.15) is 0 Å². The third-order valence-corrected chi connectivity index (χ3v) is 38.4. The minimum Gasteiger partial charge on any atom is -0.450 e. The van der Waals surface area contributed by atoms with Gasteiger partial charge in [0.05, 0.1) is 6.61 Å². The quantitative estimate of drug-likeness (QED) is 0.263.